The molecule has 2 amide bonds. The molecular weight excluding hydrogens is 595 g/mol. The molecule has 1 fully saturated rings. The van der Waals surface area contributed by atoms with Gasteiger partial charge in [-0.3, -0.25) is 13.9 Å². The first-order chi connectivity index (χ1) is 22.3. The van der Waals surface area contributed by atoms with Crippen LogP contribution in [-0.2, 0) is 39.0 Å². The molecule has 0 aromatic heterocycles. The van der Waals surface area contributed by atoms with Gasteiger partial charge in [-0.25, -0.2) is 8.42 Å². The zero-order chi connectivity index (χ0) is 32.5. The van der Waals surface area contributed by atoms with Gasteiger partial charge in [-0.1, -0.05) is 105 Å². The number of rotatable bonds is 13. The van der Waals surface area contributed by atoms with Crippen molar-refractivity contribution in [1.82, 2.24) is 10.2 Å². The second-order valence-corrected chi connectivity index (χ2v) is 13.9. The molecule has 0 saturated heterocycles. The Balaban J connectivity index is 1.56. The van der Waals surface area contributed by atoms with Gasteiger partial charge in [-0.05, 0) is 72.7 Å². The van der Waals surface area contributed by atoms with E-state index in [4.69, 9.17) is 0 Å². The van der Waals surface area contributed by atoms with Crippen molar-refractivity contribution in [2.45, 2.75) is 75.9 Å². The Labute approximate surface area is 273 Å². The van der Waals surface area contributed by atoms with Crippen molar-refractivity contribution in [3.63, 3.8) is 0 Å². The van der Waals surface area contributed by atoms with E-state index < -0.39 is 28.5 Å². The minimum atomic E-state index is -4.12. The van der Waals surface area contributed by atoms with Gasteiger partial charge in [0.25, 0.3) is 10.0 Å². The van der Waals surface area contributed by atoms with E-state index in [1.54, 1.807) is 35.2 Å². The van der Waals surface area contributed by atoms with Crippen molar-refractivity contribution in [1.29, 1.82) is 0 Å². The normalized spacial score (nSPS) is 14.0. The number of nitrogens with zero attached hydrogens (tertiary/aromatic N) is 2. The Hall–Kier alpha value is -4.43. The lowest BCUT2D eigenvalue weighted by Gasteiger charge is -2.34. The Kier molecular flexibility index (Phi) is 10.9. The average Bonchev–Trinajstić information content (AvgIpc) is 3.60. The molecule has 1 saturated carbocycles. The number of hydrogen-bond acceptors (Lipinski definition) is 4. The summed E-state index contributed by atoms with van der Waals surface area (Å²) in [6, 6.07) is 32.1. The fourth-order valence-electron chi connectivity index (χ4n) is 6.04. The Morgan fingerprint density at radius 3 is 2.04 bits per heavy atom. The highest BCUT2D eigenvalue weighted by atomic mass is 32.2. The number of nitrogens with one attached hydrogen (secondary N) is 1. The topological polar surface area (TPSA) is 86.8 Å². The van der Waals surface area contributed by atoms with Gasteiger partial charge in [0.15, 0.2) is 0 Å². The van der Waals surface area contributed by atoms with E-state index >= 15 is 0 Å². The van der Waals surface area contributed by atoms with Crippen LogP contribution in [0.25, 0.3) is 0 Å². The number of aryl methyl sites for hydroxylation is 2. The highest BCUT2D eigenvalue weighted by Gasteiger charge is 2.35. The minimum Gasteiger partial charge on any atom is -0.352 e. The van der Waals surface area contributed by atoms with Crippen molar-refractivity contribution >= 4 is 27.5 Å². The van der Waals surface area contributed by atoms with Crippen molar-refractivity contribution < 1.29 is 18.0 Å². The molecule has 0 unspecified atom stereocenters. The summed E-state index contributed by atoms with van der Waals surface area (Å²) in [7, 11) is -4.12. The first-order valence-electron chi connectivity index (χ1n) is 16.1. The molecule has 1 aliphatic rings. The maximum absolute atomic E-state index is 14.7. The number of anilines is 1. The molecule has 7 nitrogen and oxygen atoms in total. The number of amides is 2. The standard InChI is InChI=1S/C38H43N3O4S/c1-3-30-22-24-34(25-23-30)41(46(44,45)35-20-8-5-9-21-35)28-37(42)40(27-32-17-11-10-14-29(32)2)36(26-31-15-6-4-7-16-31)38(43)39-33-18-12-13-19-33/h4-11,14-17,20-25,33,36H,3,12-13,18-19,26-28H2,1-2H3,(H,39,43)/t36-/m1/s1. The largest absolute Gasteiger partial charge is 0.352 e. The Morgan fingerprint density at radius 1 is 0.804 bits per heavy atom. The summed E-state index contributed by atoms with van der Waals surface area (Å²) in [6.07, 6.45) is 5.03. The van der Waals surface area contributed by atoms with Crippen LogP contribution < -0.4 is 9.62 Å². The SMILES string of the molecule is CCc1ccc(N(CC(=O)N(Cc2ccccc2C)[C@H](Cc2ccccc2)C(=O)NC2CCCC2)S(=O)(=O)c2ccccc2)cc1. The summed E-state index contributed by atoms with van der Waals surface area (Å²) in [5.74, 6) is -0.674. The lowest BCUT2D eigenvalue weighted by molar-refractivity contribution is -0.140. The number of benzene rings is 4. The summed E-state index contributed by atoms with van der Waals surface area (Å²) >= 11 is 0. The molecule has 0 aliphatic heterocycles. The van der Waals surface area contributed by atoms with Gasteiger partial charge < -0.3 is 10.2 Å². The van der Waals surface area contributed by atoms with Crippen LogP contribution in [0.5, 0.6) is 0 Å². The van der Waals surface area contributed by atoms with Crippen LogP contribution in [0.2, 0.25) is 0 Å². The third-order valence-electron chi connectivity index (χ3n) is 8.82. The molecule has 1 aliphatic carbocycles. The van der Waals surface area contributed by atoms with Gasteiger partial charge >= 0.3 is 0 Å². The van der Waals surface area contributed by atoms with Gasteiger partial charge in [0, 0.05) is 19.0 Å². The summed E-state index contributed by atoms with van der Waals surface area (Å²) in [5.41, 5.74) is 4.24. The van der Waals surface area contributed by atoms with Crippen LogP contribution in [0.1, 0.15) is 54.9 Å². The predicted octanol–water partition coefficient (Wildman–Crippen LogP) is 6.45. The molecule has 0 radical (unpaired) electrons. The Bertz CT molecular complexity index is 1700. The highest BCUT2D eigenvalue weighted by molar-refractivity contribution is 7.92. The van der Waals surface area contributed by atoms with E-state index in [1.165, 1.54) is 16.4 Å². The van der Waals surface area contributed by atoms with Crippen LogP contribution in [0.4, 0.5) is 5.69 Å². The van der Waals surface area contributed by atoms with Crippen molar-refractivity contribution in [3.8, 4) is 0 Å². The molecule has 4 aromatic rings. The van der Waals surface area contributed by atoms with E-state index in [9.17, 15) is 18.0 Å². The molecule has 1 atom stereocenters. The molecule has 46 heavy (non-hydrogen) atoms. The fourth-order valence-corrected chi connectivity index (χ4v) is 7.47. The predicted molar refractivity (Wildman–Crippen MR) is 183 cm³/mol. The minimum absolute atomic E-state index is 0.0632. The molecule has 1 N–H and O–H groups in total. The first kappa shape index (κ1) is 32.9. The molecular formula is C38H43N3O4S. The van der Waals surface area contributed by atoms with Gasteiger partial charge in [0.2, 0.25) is 11.8 Å². The monoisotopic (exact) mass is 637 g/mol. The average molecular weight is 638 g/mol. The van der Waals surface area contributed by atoms with E-state index in [0.29, 0.717) is 12.1 Å². The van der Waals surface area contributed by atoms with Crippen LogP contribution in [0, 0.1) is 6.92 Å². The molecule has 0 heterocycles. The first-order valence-corrected chi connectivity index (χ1v) is 17.5. The third-order valence-corrected chi connectivity index (χ3v) is 10.6. The number of carbonyl (C=O) groups is 2. The smallest absolute Gasteiger partial charge is 0.264 e. The maximum atomic E-state index is 14.7. The quantitative estimate of drug-likeness (QED) is 0.183. The van der Waals surface area contributed by atoms with E-state index in [1.807, 2.05) is 80.6 Å². The molecule has 0 bridgehead atoms. The van der Waals surface area contributed by atoms with Crippen LogP contribution >= 0.6 is 0 Å². The lowest BCUT2D eigenvalue weighted by Crippen LogP contribution is -2.54. The Morgan fingerprint density at radius 2 is 1.41 bits per heavy atom. The molecule has 0 spiro atoms. The zero-order valence-corrected chi connectivity index (χ0v) is 27.5. The number of hydrogen-bond donors (Lipinski definition) is 1. The summed E-state index contributed by atoms with van der Waals surface area (Å²) < 4.78 is 29.5. The zero-order valence-electron chi connectivity index (χ0n) is 26.6. The molecule has 240 valence electrons. The van der Waals surface area contributed by atoms with Gasteiger partial charge in [-0.15, -0.1) is 0 Å². The number of carbonyl (C=O) groups excluding carboxylic acids is 2. The van der Waals surface area contributed by atoms with Crippen molar-refractivity contribution in [3.05, 3.63) is 131 Å². The van der Waals surface area contributed by atoms with Gasteiger partial charge in [0.05, 0.1) is 10.6 Å². The van der Waals surface area contributed by atoms with Gasteiger partial charge in [-0.2, -0.15) is 0 Å². The summed E-state index contributed by atoms with van der Waals surface area (Å²) in [4.78, 5) is 30.5. The summed E-state index contributed by atoms with van der Waals surface area (Å²) in [6.45, 7) is 3.71. The van der Waals surface area contributed by atoms with Gasteiger partial charge in [0.1, 0.15) is 12.6 Å². The van der Waals surface area contributed by atoms with E-state index in [2.05, 4.69) is 5.32 Å². The second-order valence-electron chi connectivity index (χ2n) is 12.0. The molecule has 5 rings (SSSR count). The molecule has 8 heteroatoms. The lowest BCUT2D eigenvalue weighted by atomic mass is 10.0. The fraction of sp³-hybridized carbons (Fsp3) is 0.316. The molecule has 4 aromatic carbocycles. The van der Waals surface area contributed by atoms with E-state index in [0.717, 1.165) is 54.4 Å². The van der Waals surface area contributed by atoms with Crippen molar-refractivity contribution in [2.24, 2.45) is 0 Å². The second kappa shape index (κ2) is 15.2. The van der Waals surface area contributed by atoms with Crippen LogP contribution in [0.15, 0.2) is 114 Å². The third kappa shape index (κ3) is 8.04. The maximum Gasteiger partial charge on any atom is 0.264 e. The van der Waals surface area contributed by atoms with Crippen LogP contribution in [0.3, 0.4) is 0 Å². The number of sulfonamides is 1. The van der Waals surface area contributed by atoms with Crippen molar-refractivity contribution in [2.75, 3.05) is 10.8 Å². The summed E-state index contributed by atoms with van der Waals surface area (Å²) in [5, 5.41) is 3.22. The van der Waals surface area contributed by atoms with E-state index in [-0.39, 0.29) is 23.4 Å². The highest BCUT2D eigenvalue weighted by Crippen LogP contribution is 2.26. The van der Waals surface area contributed by atoms with Crippen LogP contribution in [-0.4, -0.2) is 43.8 Å².